The summed E-state index contributed by atoms with van der Waals surface area (Å²) in [5, 5.41) is 0. The van der Waals surface area contributed by atoms with E-state index in [1.807, 2.05) is 0 Å². The van der Waals surface area contributed by atoms with Gasteiger partial charge in [0.05, 0.1) is 11.4 Å². The van der Waals surface area contributed by atoms with Gasteiger partial charge in [-0.25, -0.2) is 8.78 Å². The van der Waals surface area contributed by atoms with Crippen LogP contribution >= 0.6 is 11.6 Å². The van der Waals surface area contributed by atoms with Gasteiger partial charge < -0.3 is 0 Å². The number of ketones is 2. The highest BCUT2D eigenvalue weighted by atomic mass is 35.5. The third-order valence-corrected chi connectivity index (χ3v) is 1.79. The molecule has 0 aliphatic rings. The molecule has 0 fully saturated rings. The fourth-order valence-corrected chi connectivity index (χ4v) is 1.01. The molecule has 0 amide bonds. The van der Waals surface area contributed by atoms with Crippen molar-refractivity contribution in [1.82, 2.24) is 0 Å². The van der Waals surface area contributed by atoms with E-state index in [1.54, 1.807) is 0 Å². The fourth-order valence-electron chi connectivity index (χ4n) is 0.885. The molecular formula is C9H5ClF2O2. The first-order valence-corrected chi connectivity index (χ1v) is 4.18. The lowest BCUT2D eigenvalue weighted by molar-refractivity contribution is -0.112. The molecule has 0 saturated heterocycles. The molecule has 0 heterocycles. The van der Waals surface area contributed by atoms with E-state index < -0.39 is 34.6 Å². The lowest BCUT2D eigenvalue weighted by atomic mass is 10.1. The minimum atomic E-state index is -1.06. The second kappa shape index (κ2) is 4.28. The highest BCUT2D eigenvalue weighted by Gasteiger charge is 2.18. The molecule has 0 radical (unpaired) electrons. The van der Waals surface area contributed by atoms with E-state index in [0.717, 1.165) is 12.1 Å². The molecular weight excluding hydrogens is 214 g/mol. The van der Waals surface area contributed by atoms with Crippen molar-refractivity contribution in [3.05, 3.63) is 35.4 Å². The van der Waals surface area contributed by atoms with Crippen molar-refractivity contribution in [3.8, 4) is 0 Å². The van der Waals surface area contributed by atoms with Crippen molar-refractivity contribution in [3.63, 3.8) is 0 Å². The van der Waals surface area contributed by atoms with Gasteiger partial charge in [0.25, 0.3) is 0 Å². The number of hydrogen-bond acceptors (Lipinski definition) is 2. The van der Waals surface area contributed by atoms with Crippen molar-refractivity contribution in [2.45, 2.75) is 0 Å². The number of benzene rings is 1. The third kappa shape index (κ3) is 2.14. The summed E-state index contributed by atoms with van der Waals surface area (Å²) in [7, 11) is 0. The first-order chi connectivity index (χ1) is 6.56. The Balaban J connectivity index is 3.08. The van der Waals surface area contributed by atoms with Gasteiger partial charge in [0.15, 0.2) is 0 Å². The number of carbonyl (C=O) groups is 2. The van der Waals surface area contributed by atoms with Gasteiger partial charge in [-0.2, -0.15) is 0 Å². The van der Waals surface area contributed by atoms with Gasteiger partial charge in [-0.1, -0.05) is 0 Å². The highest BCUT2D eigenvalue weighted by molar-refractivity contribution is 6.51. The summed E-state index contributed by atoms with van der Waals surface area (Å²) >= 11 is 5.11. The molecule has 14 heavy (non-hydrogen) atoms. The minimum absolute atomic E-state index is 0.461. The van der Waals surface area contributed by atoms with Gasteiger partial charge in [0.1, 0.15) is 11.6 Å². The minimum Gasteiger partial charge on any atom is -0.289 e. The molecule has 2 nitrogen and oxygen atoms in total. The zero-order chi connectivity index (χ0) is 10.7. The molecule has 0 spiro atoms. The molecule has 0 atom stereocenters. The monoisotopic (exact) mass is 218 g/mol. The number of rotatable bonds is 3. The molecule has 0 bridgehead atoms. The Bertz CT molecular complexity index is 390. The predicted octanol–water partition coefficient (Wildman–Crippen LogP) is 1.96. The summed E-state index contributed by atoms with van der Waals surface area (Å²) in [5.41, 5.74) is -0.461. The van der Waals surface area contributed by atoms with Crippen LogP contribution < -0.4 is 0 Å². The zero-order valence-corrected chi connectivity index (χ0v) is 7.65. The third-order valence-electron chi connectivity index (χ3n) is 1.55. The largest absolute Gasteiger partial charge is 0.289 e. The summed E-state index contributed by atoms with van der Waals surface area (Å²) < 4.78 is 25.4. The summed E-state index contributed by atoms with van der Waals surface area (Å²) in [5.74, 6) is -4.35. The first-order valence-electron chi connectivity index (χ1n) is 3.65. The quantitative estimate of drug-likeness (QED) is 0.442. The van der Waals surface area contributed by atoms with E-state index in [2.05, 4.69) is 0 Å². The van der Waals surface area contributed by atoms with Crippen molar-refractivity contribution in [2.75, 3.05) is 5.88 Å². The van der Waals surface area contributed by atoms with Crippen LogP contribution in [0.4, 0.5) is 8.78 Å². The van der Waals surface area contributed by atoms with Gasteiger partial charge in [0, 0.05) is 6.07 Å². The van der Waals surface area contributed by atoms with Crippen LogP contribution in [0.25, 0.3) is 0 Å². The lowest BCUT2D eigenvalue weighted by Crippen LogP contribution is -2.16. The Hall–Kier alpha value is -1.29. The van der Waals surface area contributed by atoms with Crippen LogP contribution in [0.3, 0.4) is 0 Å². The highest BCUT2D eigenvalue weighted by Crippen LogP contribution is 2.10. The van der Waals surface area contributed by atoms with Crippen molar-refractivity contribution >= 4 is 23.2 Å². The Morgan fingerprint density at radius 3 is 2.43 bits per heavy atom. The van der Waals surface area contributed by atoms with Gasteiger partial charge in [-0.15, -0.1) is 11.6 Å². The summed E-state index contributed by atoms with van der Waals surface area (Å²) in [4.78, 5) is 21.9. The van der Waals surface area contributed by atoms with E-state index in [4.69, 9.17) is 11.6 Å². The molecule has 74 valence electrons. The molecule has 5 heteroatoms. The van der Waals surface area contributed by atoms with E-state index in [0.29, 0.717) is 6.07 Å². The maximum absolute atomic E-state index is 12.9. The average molecular weight is 219 g/mol. The maximum atomic E-state index is 12.9. The van der Waals surface area contributed by atoms with Crippen LogP contribution in [0.2, 0.25) is 0 Å². The fraction of sp³-hybridized carbons (Fsp3) is 0.111. The topological polar surface area (TPSA) is 34.1 Å². The van der Waals surface area contributed by atoms with E-state index >= 15 is 0 Å². The molecule has 1 rings (SSSR count). The number of carbonyl (C=O) groups excluding carboxylic acids is 2. The molecule has 0 N–H and O–H groups in total. The maximum Gasteiger partial charge on any atom is 0.232 e. The molecule has 1 aromatic rings. The second-order valence-corrected chi connectivity index (χ2v) is 2.78. The molecule has 1 aromatic carbocycles. The van der Waals surface area contributed by atoms with Crippen LogP contribution in [0, 0.1) is 11.6 Å². The standard InChI is InChI=1S/C9H5ClF2O2/c10-4-8(13)9(14)6-2-1-5(11)3-7(6)12/h1-3H,4H2. The van der Waals surface area contributed by atoms with Crippen LogP contribution in [0.1, 0.15) is 10.4 Å². The SMILES string of the molecule is O=C(CCl)C(=O)c1ccc(F)cc1F. The van der Waals surface area contributed by atoms with Crippen molar-refractivity contribution in [1.29, 1.82) is 0 Å². The molecule has 0 unspecified atom stereocenters. The van der Waals surface area contributed by atoms with Gasteiger partial charge in [-0.3, -0.25) is 9.59 Å². The number of Topliss-reactive ketones (excluding diaryl/α,β-unsaturated/α-hetero) is 2. The van der Waals surface area contributed by atoms with Crippen LogP contribution in [-0.2, 0) is 4.79 Å². The van der Waals surface area contributed by atoms with E-state index in [1.165, 1.54) is 0 Å². The number of alkyl halides is 1. The predicted molar refractivity (Wildman–Crippen MR) is 46.4 cm³/mol. The normalized spacial score (nSPS) is 9.93. The first kappa shape index (κ1) is 10.8. The second-order valence-electron chi connectivity index (χ2n) is 2.51. The van der Waals surface area contributed by atoms with Gasteiger partial charge in [-0.05, 0) is 12.1 Å². The van der Waals surface area contributed by atoms with Crippen LogP contribution in [0.15, 0.2) is 18.2 Å². The van der Waals surface area contributed by atoms with Crippen LogP contribution in [0.5, 0.6) is 0 Å². The van der Waals surface area contributed by atoms with Crippen LogP contribution in [-0.4, -0.2) is 17.4 Å². The number of hydrogen-bond donors (Lipinski definition) is 0. The summed E-state index contributed by atoms with van der Waals surface area (Å²) in [6.45, 7) is 0. The summed E-state index contributed by atoms with van der Waals surface area (Å²) in [6.07, 6.45) is 0. The number of halogens is 3. The van der Waals surface area contributed by atoms with E-state index in [-0.39, 0.29) is 0 Å². The zero-order valence-electron chi connectivity index (χ0n) is 6.89. The van der Waals surface area contributed by atoms with Crippen molar-refractivity contribution in [2.24, 2.45) is 0 Å². The van der Waals surface area contributed by atoms with Gasteiger partial charge in [0.2, 0.25) is 11.6 Å². The smallest absolute Gasteiger partial charge is 0.232 e. The van der Waals surface area contributed by atoms with Crippen molar-refractivity contribution < 1.29 is 18.4 Å². The lowest BCUT2D eigenvalue weighted by Gasteiger charge is -1.99. The van der Waals surface area contributed by atoms with E-state index in [9.17, 15) is 18.4 Å². The molecule has 0 aliphatic carbocycles. The Kier molecular flexibility index (Phi) is 3.30. The molecule has 0 aliphatic heterocycles. The Morgan fingerprint density at radius 2 is 1.93 bits per heavy atom. The molecule has 0 aromatic heterocycles. The Labute approximate surface area is 83.5 Å². The molecule has 0 saturated carbocycles. The van der Waals surface area contributed by atoms with Gasteiger partial charge >= 0.3 is 0 Å². The summed E-state index contributed by atoms with van der Waals surface area (Å²) in [6, 6.07) is 2.35. The Morgan fingerprint density at radius 1 is 1.29 bits per heavy atom. The average Bonchev–Trinajstić information content (AvgIpc) is 2.15.